The van der Waals surface area contributed by atoms with E-state index in [9.17, 15) is 19.5 Å². The van der Waals surface area contributed by atoms with Crippen LogP contribution in [0, 0.1) is 0 Å². The van der Waals surface area contributed by atoms with Crippen molar-refractivity contribution < 1.29 is 24.2 Å². The van der Waals surface area contributed by atoms with E-state index in [-0.39, 0.29) is 6.54 Å². The summed E-state index contributed by atoms with van der Waals surface area (Å²) in [5, 5.41) is 15.5. The van der Waals surface area contributed by atoms with Crippen molar-refractivity contribution in [2.75, 3.05) is 6.54 Å². The van der Waals surface area contributed by atoms with E-state index >= 15 is 0 Å². The van der Waals surface area contributed by atoms with Gasteiger partial charge in [-0.25, -0.2) is 0 Å². The Morgan fingerprint density at radius 1 is 0.714 bits per heavy atom. The standard InChI is InChI=1S/C28H54N2O5/c1-6-8-10-11-12-13-14-15-16-17-18-19-21-24(31)27(34)30-23(20-9-7-2)26(33)29-22-25(32)35-28(3,4)5/h23-24,31H,6-22H2,1-5H3,(H,29,33)(H,30,34)/t23-,24?/m0/s1. The highest BCUT2D eigenvalue weighted by Crippen LogP contribution is 2.13. The Bertz CT molecular complexity index is 574. The fourth-order valence-corrected chi connectivity index (χ4v) is 3.91. The minimum absolute atomic E-state index is 0.254. The van der Waals surface area contributed by atoms with E-state index in [0.29, 0.717) is 12.8 Å². The molecule has 7 heteroatoms. The van der Waals surface area contributed by atoms with Crippen molar-refractivity contribution in [3.63, 3.8) is 0 Å². The van der Waals surface area contributed by atoms with E-state index in [0.717, 1.165) is 32.1 Å². The number of rotatable bonds is 21. The van der Waals surface area contributed by atoms with E-state index in [1.165, 1.54) is 57.8 Å². The molecule has 1 unspecified atom stereocenters. The smallest absolute Gasteiger partial charge is 0.325 e. The van der Waals surface area contributed by atoms with Gasteiger partial charge >= 0.3 is 5.97 Å². The molecule has 3 N–H and O–H groups in total. The molecule has 0 aliphatic rings. The quantitative estimate of drug-likeness (QED) is 0.142. The normalized spacial score (nSPS) is 13.2. The maximum atomic E-state index is 12.5. The lowest BCUT2D eigenvalue weighted by molar-refractivity contribution is -0.154. The number of carbonyl (C=O) groups excluding carboxylic acids is 3. The second-order valence-electron chi connectivity index (χ2n) is 10.7. The first-order valence-electron chi connectivity index (χ1n) is 14.1. The average Bonchev–Trinajstić information content (AvgIpc) is 2.79. The van der Waals surface area contributed by atoms with Crippen LogP contribution in [-0.2, 0) is 19.1 Å². The second-order valence-corrected chi connectivity index (χ2v) is 10.7. The lowest BCUT2D eigenvalue weighted by Crippen LogP contribution is -2.50. The van der Waals surface area contributed by atoms with Gasteiger partial charge in [0.05, 0.1) is 0 Å². The van der Waals surface area contributed by atoms with Gasteiger partial charge in [-0.2, -0.15) is 0 Å². The summed E-state index contributed by atoms with van der Waals surface area (Å²) in [6, 6.07) is -0.776. The molecule has 0 aliphatic heterocycles. The first-order chi connectivity index (χ1) is 16.6. The van der Waals surface area contributed by atoms with Gasteiger partial charge in [0.25, 0.3) is 0 Å². The predicted molar refractivity (Wildman–Crippen MR) is 142 cm³/mol. The van der Waals surface area contributed by atoms with E-state index in [1.54, 1.807) is 20.8 Å². The fraction of sp³-hybridized carbons (Fsp3) is 0.893. The minimum atomic E-state index is -1.12. The number of carbonyl (C=O) groups is 3. The van der Waals surface area contributed by atoms with Gasteiger partial charge in [0.1, 0.15) is 24.3 Å². The van der Waals surface area contributed by atoms with Crippen LogP contribution in [0.5, 0.6) is 0 Å². The Morgan fingerprint density at radius 2 is 1.20 bits per heavy atom. The van der Waals surface area contributed by atoms with Crippen LogP contribution in [0.3, 0.4) is 0 Å². The molecule has 2 atom stereocenters. The fourth-order valence-electron chi connectivity index (χ4n) is 3.91. The number of unbranched alkanes of at least 4 members (excludes halogenated alkanes) is 12. The van der Waals surface area contributed by atoms with Gasteiger partial charge in [0.15, 0.2) is 0 Å². The molecule has 0 radical (unpaired) electrons. The van der Waals surface area contributed by atoms with Gasteiger partial charge in [-0.3, -0.25) is 14.4 Å². The number of amides is 2. The van der Waals surface area contributed by atoms with Crippen LogP contribution < -0.4 is 10.6 Å². The maximum absolute atomic E-state index is 12.5. The second kappa shape index (κ2) is 20.6. The summed E-state index contributed by atoms with van der Waals surface area (Å²) in [7, 11) is 0. The lowest BCUT2D eigenvalue weighted by atomic mass is 10.0. The summed E-state index contributed by atoms with van der Waals surface area (Å²) in [6.07, 6.45) is 16.0. The molecule has 7 nitrogen and oxygen atoms in total. The van der Waals surface area contributed by atoms with Crippen LogP contribution in [-0.4, -0.2) is 47.2 Å². The number of hydrogen-bond acceptors (Lipinski definition) is 5. The molecule has 2 amide bonds. The van der Waals surface area contributed by atoms with Crippen LogP contribution in [0.2, 0.25) is 0 Å². The zero-order valence-electron chi connectivity index (χ0n) is 23.3. The molecule has 0 saturated heterocycles. The molecule has 0 saturated carbocycles. The molecule has 0 heterocycles. The van der Waals surface area contributed by atoms with E-state index in [4.69, 9.17) is 4.74 Å². The van der Waals surface area contributed by atoms with Gasteiger partial charge in [0, 0.05) is 0 Å². The highest BCUT2D eigenvalue weighted by atomic mass is 16.6. The first-order valence-corrected chi connectivity index (χ1v) is 14.1. The summed E-state index contributed by atoms with van der Waals surface area (Å²) in [4.78, 5) is 36.8. The zero-order chi connectivity index (χ0) is 26.5. The van der Waals surface area contributed by atoms with Gasteiger partial charge < -0.3 is 20.5 Å². The highest BCUT2D eigenvalue weighted by Gasteiger charge is 2.25. The number of hydrogen-bond donors (Lipinski definition) is 3. The zero-order valence-corrected chi connectivity index (χ0v) is 23.3. The Balaban J connectivity index is 4.15. The van der Waals surface area contributed by atoms with Crippen LogP contribution in [0.4, 0.5) is 0 Å². The molecule has 0 rings (SSSR count). The third-order valence-electron chi connectivity index (χ3n) is 5.94. The number of aliphatic hydroxyl groups excluding tert-OH is 1. The van der Waals surface area contributed by atoms with Crippen molar-refractivity contribution in [1.29, 1.82) is 0 Å². The Morgan fingerprint density at radius 3 is 1.69 bits per heavy atom. The Labute approximate surface area is 214 Å². The first kappa shape index (κ1) is 33.4. The van der Waals surface area contributed by atoms with Crippen molar-refractivity contribution in [2.45, 2.75) is 155 Å². The summed E-state index contributed by atoms with van der Waals surface area (Å²) in [5.41, 5.74) is -0.629. The molecular formula is C28H54N2O5. The van der Waals surface area contributed by atoms with Crippen molar-refractivity contribution in [3.05, 3.63) is 0 Å². The highest BCUT2D eigenvalue weighted by molar-refractivity contribution is 5.90. The van der Waals surface area contributed by atoms with E-state index in [2.05, 4.69) is 17.6 Å². The van der Waals surface area contributed by atoms with Crippen molar-refractivity contribution in [3.8, 4) is 0 Å². The average molecular weight is 499 g/mol. The topological polar surface area (TPSA) is 105 Å². The molecule has 0 aromatic carbocycles. The SMILES string of the molecule is CCCCCCCCCCCCCCC(O)C(=O)N[C@@H](CCCC)C(=O)NCC(=O)OC(C)(C)C. The monoisotopic (exact) mass is 498 g/mol. The minimum Gasteiger partial charge on any atom is -0.459 e. The van der Waals surface area contributed by atoms with E-state index < -0.39 is 35.5 Å². The molecule has 206 valence electrons. The number of esters is 1. The molecule has 0 aliphatic carbocycles. The predicted octanol–water partition coefficient (Wildman–Crippen LogP) is 5.57. The summed E-state index contributed by atoms with van der Waals surface area (Å²) < 4.78 is 5.20. The number of ether oxygens (including phenoxy) is 1. The molecule has 0 aromatic rings. The van der Waals surface area contributed by atoms with Crippen LogP contribution >= 0.6 is 0 Å². The molecule has 35 heavy (non-hydrogen) atoms. The Kier molecular flexibility index (Phi) is 19.6. The summed E-state index contributed by atoms with van der Waals surface area (Å²) >= 11 is 0. The summed E-state index contributed by atoms with van der Waals surface area (Å²) in [5.74, 6) is -1.49. The molecule has 0 bridgehead atoms. The molecule has 0 spiro atoms. The van der Waals surface area contributed by atoms with Gasteiger partial charge in [-0.05, 0) is 33.6 Å². The largest absolute Gasteiger partial charge is 0.459 e. The third-order valence-corrected chi connectivity index (χ3v) is 5.94. The van der Waals surface area contributed by atoms with Crippen LogP contribution in [0.1, 0.15) is 137 Å². The molecular weight excluding hydrogens is 444 g/mol. The van der Waals surface area contributed by atoms with Crippen molar-refractivity contribution in [2.24, 2.45) is 0 Å². The maximum Gasteiger partial charge on any atom is 0.325 e. The third kappa shape index (κ3) is 20.3. The Hall–Kier alpha value is -1.63. The molecule has 0 aromatic heterocycles. The van der Waals surface area contributed by atoms with Gasteiger partial charge in [0.2, 0.25) is 11.8 Å². The van der Waals surface area contributed by atoms with Crippen LogP contribution in [0.25, 0.3) is 0 Å². The van der Waals surface area contributed by atoms with Gasteiger partial charge in [-0.1, -0.05) is 104 Å². The van der Waals surface area contributed by atoms with E-state index in [1.807, 2.05) is 6.92 Å². The van der Waals surface area contributed by atoms with Gasteiger partial charge in [-0.15, -0.1) is 0 Å². The summed E-state index contributed by atoms with van der Waals surface area (Å²) in [6.45, 7) is 9.26. The number of nitrogens with one attached hydrogen (secondary N) is 2. The van der Waals surface area contributed by atoms with Crippen molar-refractivity contribution in [1.82, 2.24) is 10.6 Å². The van der Waals surface area contributed by atoms with Crippen molar-refractivity contribution >= 4 is 17.8 Å². The van der Waals surface area contributed by atoms with Crippen LogP contribution in [0.15, 0.2) is 0 Å². The lowest BCUT2D eigenvalue weighted by Gasteiger charge is -2.22. The molecule has 0 fully saturated rings. The number of aliphatic hydroxyl groups is 1.